The molecule has 3 heteroatoms. The minimum Gasteiger partial charge on any atom is -0.458 e. The number of carbonyl (C=O) groups excluding carboxylic acids is 1. The van der Waals surface area contributed by atoms with Crippen molar-refractivity contribution in [3.05, 3.63) is 10.6 Å². The molecule has 0 radical (unpaired) electrons. The second-order valence-corrected chi connectivity index (χ2v) is 3.32. The first-order chi connectivity index (χ1) is 4.68. The third-order valence-electron chi connectivity index (χ3n) is 1.35. The number of hydrogen-bond donors (Lipinski definition) is 0. The quantitative estimate of drug-likeness (QED) is 0.612. The average molecular weight is 205 g/mol. The molecular weight excluding hydrogens is 196 g/mol. The van der Waals surface area contributed by atoms with Crippen LogP contribution >= 0.6 is 15.9 Å². The summed E-state index contributed by atoms with van der Waals surface area (Å²) in [5, 5.41) is 0. The molecule has 0 aromatic rings. The summed E-state index contributed by atoms with van der Waals surface area (Å²) in [4.78, 5) is 10.4. The van der Waals surface area contributed by atoms with Gasteiger partial charge in [0.15, 0.2) is 0 Å². The maximum atomic E-state index is 10.4. The Morgan fingerprint density at radius 3 is 3.00 bits per heavy atom. The van der Waals surface area contributed by atoms with Gasteiger partial charge in [0, 0.05) is 6.92 Å². The molecule has 0 unspecified atom stereocenters. The fraction of sp³-hybridized carbons (Fsp3) is 0.571. The van der Waals surface area contributed by atoms with Crippen LogP contribution in [0.1, 0.15) is 19.8 Å². The lowest BCUT2D eigenvalue weighted by Crippen LogP contribution is -2.09. The SMILES string of the molecule is CC(=O)O[C@H]1C=C(Br)CC1. The zero-order valence-electron chi connectivity index (χ0n) is 5.76. The van der Waals surface area contributed by atoms with E-state index in [0.717, 1.165) is 17.3 Å². The first-order valence-corrected chi connectivity index (χ1v) is 4.01. The highest BCUT2D eigenvalue weighted by Gasteiger charge is 2.15. The van der Waals surface area contributed by atoms with Gasteiger partial charge >= 0.3 is 5.97 Å². The summed E-state index contributed by atoms with van der Waals surface area (Å²) in [6.07, 6.45) is 3.84. The van der Waals surface area contributed by atoms with Crippen molar-refractivity contribution in [1.82, 2.24) is 0 Å². The van der Waals surface area contributed by atoms with Crippen LogP contribution in [0.4, 0.5) is 0 Å². The second-order valence-electron chi connectivity index (χ2n) is 2.30. The van der Waals surface area contributed by atoms with Gasteiger partial charge in [-0.3, -0.25) is 4.79 Å². The second kappa shape index (κ2) is 3.19. The van der Waals surface area contributed by atoms with E-state index in [0.29, 0.717) is 0 Å². The number of carbonyl (C=O) groups is 1. The van der Waals surface area contributed by atoms with Crippen molar-refractivity contribution in [2.24, 2.45) is 0 Å². The van der Waals surface area contributed by atoms with E-state index in [9.17, 15) is 4.79 Å². The van der Waals surface area contributed by atoms with Gasteiger partial charge < -0.3 is 4.74 Å². The molecule has 2 nitrogen and oxygen atoms in total. The van der Waals surface area contributed by atoms with Crippen molar-refractivity contribution in [2.75, 3.05) is 0 Å². The minimum atomic E-state index is -0.205. The first kappa shape index (κ1) is 7.79. The van der Waals surface area contributed by atoms with E-state index in [1.165, 1.54) is 6.92 Å². The molecule has 1 rings (SSSR count). The summed E-state index contributed by atoms with van der Waals surface area (Å²) in [6.45, 7) is 1.43. The highest BCUT2D eigenvalue weighted by atomic mass is 79.9. The summed E-state index contributed by atoms with van der Waals surface area (Å²) in [6, 6.07) is 0. The smallest absolute Gasteiger partial charge is 0.303 e. The van der Waals surface area contributed by atoms with E-state index in [2.05, 4.69) is 15.9 Å². The molecule has 1 aliphatic carbocycles. The average Bonchev–Trinajstić information content (AvgIpc) is 2.13. The summed E-state index contributed by atoms with van der Waals surface area (Å²) in [7, 11) is 0. The molecule has 0 bridgehead atoms. The predicted molar refractivity (Wildman–Crippen MR) is 41.8 cm³/mol. The Bertz CT molecular complexity index is 174. The number of allylic oxidation sites excluding steroid dienone is 1. The van der Waals surface area contributed by atoms with E-state index in [4.69, 9.17) is 4.74 Å². The van der Waals surface area contributed by atoms with Gasteiger partial charge in [0.25, 0.3) is 0 Å². The van der Waals surface area contributed by atoms with Crippen molar-refractivity contribution in [3.8, 4) is 0 Å². The number of rotatable bonds is 1. The van der Waals surface area contributed by atoms with Gasteiger partial charge in [-0.05, 0) is 23.4 Å². The lowest BCUT2D eigenvalue weighted by atomic mass is 10.3. The Morgan fingerprint density at radius 1 is 1.90 bits per heavy atom. The third-order valence-corrected chi connectivity index (χ3v) is 2.01. The Labute approximate surface area is 68.4 Å². The summed E-state index contributed by atoms with van der Waals surface area (Å²) in [5.41, 5.74) is 0. The Hall–Kier alpha value is -0.310. The molecule has 10 heavy (non-hydrogen) atoms. The number of halogens is 1. The Morgan fingerprint density at radius 2 is 2.60 bits per heavy atom. The monoisotopic (exact) mass is 204 g/mol. The van der Waals surface area contributed by atoms with Crippen LogP contribution in [0, 0.1) is 0 Å². The highest BCUT2D eigenvalue weighted by molar-refractivity contribution is 9.11. The number of esters is 1. The molecule has 0 amide bonds. The van der Waals surface area contributed by atoms with Crippen LogP contribution < -0.4 is 0 Å². The third kappa shape index (κ3) is 2.14. The molecule has 0 aliphatic heterocycles. The molecule has 0 fully saturated rings. The van der Waals surface area contributed by atoms with E-state index in [1.54, 1.807) is 0 Å². The largest absolute Gasteiger partial charge is 0.458 e. The van der Waals surface area contributed by atoms with Crippen LogP contribution in [-0.2, 0) is 9.53 Å². The number of hydrogen-bond acceptors (Lipinski definition) is 2. The van der Waals surface area contributed by atoms with Crippen LogP contribution in [0.25, 0.3) is 0 Å². The molecule has 1 atom stereocenters. The van der Waals surface area contributed by atoms with Crippen molar-refractivity contribution in [3.63, 3.8) is 0 Å². The van der Waals surface area contributed by atoms with Gasteiger partial charge in [0.05, 0.1) is 0 Å². The fourth-order valence-corrected chi connectivity index (χ4v) is 1.48. The maximum absolute atomic E-state index is 10.4. The maximum Gasteiger partial charge on any atom is 0.303 e. The van der Waals surface area contributed by atoms with Crippen LogP contribution in [0.5, 0.6) is 0 Å². The zero-order valence-corrected chi connectivity index (χ0v) is 7.35. The minimum absolute atomic E-state index is 0.00637. The number of ether oxygens (including phenoxy) is 1. The van der Waals surface area contributed by atoms with Gasteiger partial charge in [-0.1, -0.05) is 15.9 Å². The Balaban J connectivity index is 2.38. The van der Waals surface area contributed by atoms with Gasteiger partial charge in [0.2, 0.25) is 0 Å². The lowest BCUT2D eigenvalue weighted by molar-refractivity contribution is -0.144. The van der Waals surface area contributed by atoms with Crippen LogP contribution in [-0.4, -0.2) is 12.1 Å². The zero-order chi connectivity index (χ0) is 7.56. The van der Waals surface area contributed by atoms with Crippen molar-refractivity contribution in [2.45, 2.75) is 25.9 Å². The molecule has 0 saturated carbocycles. The molecule has 0 heterocycles. The summed E-state index contributed by atoms with van der Waals surface area (Å²) >= 11 is 3.34. The van der Waals surface area contributed by atoms with Gasteiger partial charge in [-0.25, -0.2) is 0 Å². The normalized spacial score (nSPS) is 24.2. The molecule has 0 spiro atoms. The van der Waals surface area contributed by atoms with Crippen molar-refractivity contribution < 1.29 is 9.53 Å². The first-order valence-electron chi connectivity index (χ1n) is 3.22. The standard InChI is InChI=1S/C7H9BrO2/c1-5(9)10-7-3-2-6(8)4-7/h4,7H,2-3H2,1H3/t7-/m1/s1. The fourth-order valence-electron chi connectivity index (χ4n) is 0.955. The van der Waals surface area contributed by atoms with Gasteiger partial charge in [0.1, 0.15) is 6.10 Å². The van der Waals surface area contributed by atoms with E-state index >= 15 is 0 Å². The van der Waals surface area contributed by atoms with Crippen molar-refractivity contribution >= 4 is 21.9 Å². The highest BCUT2D eigenvalue weighted by Crippen LogP contribution is 2.25. The van der Waals surface area contributed by atoms with Crippen LogP contribution in [0.15, 0.2) is 10.6 Å². The van der Waals surface area contributed by atoms with E-state index < -0.39 is 0 Å². The molecule has 1 aliphatic rings. The summed E-state index contributed by atoms with van der Waals surface area (Å²) in [5.74, 6) is -0.205. The van der Waals surface area contributed by atoms with Gasteiger partial charge in [-0.15, -0.1) is 0 Å². The lowest BCUT2D eigenvalue weighted by Gasteiger charge is -2.05. The molecule has 0 aromatic heterocycles. The van der Waals surface area contributed by atoms with E-state index in [-0.39, 0.29) is 12.1 Å². The molecular formula is C7H9BrO2. The predicted octanol–water partition coefficient (Wildman–Crippen LogP) is 1.99. The summed E-state index contributed by atoms with van der Waals surface area (Å²) < 4.78 is 6.07. The van der Waals surface area contributed by atoms with Crippen LogP contribution in [0.2, 0.25) is 0 Å². The molecule has 0 aromatic carbocycles. The van der Waals surface area contributed by atoms with E-state index in [1.807, 2.05) is 6.08 Å². The molecule has 0 saturated heterocycles. The van der Waals surface area contributed by atoms with Crippen LogP contribution in [0.3, 0.4) is 0 Å². The molecule has 56 valence electrons. The topological polar surface area (TPSA) is 26.3 Å². The molecule has 0 N–H and O–H groups in total. The van der Waals surface area contributed by atoms with Crippen molar-refractivity contribution in [1.29, 1.82) is 0 Å². The van der Waals surface area contributed by atoms with Gasteiger partial charge in [-0.2, -0.15) is 0 Å². The Kier molecular flexibility index (Phi) is 2.49.